The molecular formula is C16H22N4O3S2. The highest BCUT2D eigenvalue weighted by Crippen LogP contribution is 2.28. The predicted molar refractivity (Wildman–Crippen MR) is 96.7 cm³/mol. The first-order valence-corrected chi connectivity index (χ1v) is 10.6. The van der Waals surface area contributed by atoms with E-state index in [-0.39, 0.29) is 16.7 Å². The van der Waals surface area contributed by atoms with Crippen molar-refractivity contribution in [2.75, 3.05) is 19.6 Å². The zero-order valence-corrected chi connectivity index (χ0v) is 15.9. The Morgan fingerprint density at radius 3 is 2.72 bits per heavy atom. The molecule has 3 rings (SSSR count). The molecule has 0 aliphatic carbocycles. The van der Waals surface area contributed by atoms with E-state index in [9.17, 15) is 13.2 Å². The van der Waals surface area contributed by atoms with Crippen molar-refractivity contribution in [3.8, 4) is 0 Å². The normalized spacial score (nSPS) is 17.2. The number of aromatic nitrogens is 2. The minimum atomic E-state index is -3.63. The lowest BCUT2D eigenvalue weighted by atomic mass is 9.97. The Morgan fingerprint density at radius 1 is 1.32 bits per heavy atom. The molecule has 1 saturated heterocycles. The van der Waals surface area contributed by atoms with Crippen molar-refractivity contribution in [1.29, 1.82) is 0 Å². The number of sulfonamides is 1. The zero-order chi connectivity index (χ0) is 18.0. The van der Waals surface area contributed by atoms with Gasteiger partial charge in [-0.2, -0.15) is 13.1 Å². The number of piperidine rings is 1. The number of rotatable bonds is 5. The molecule has 25 heavy (non-hydrogen) atoms. The van der Waals surface area contributed by atoms with Crippen LogP contribution in [0, 0.1) is 11.8 Å². The maximum absolute atomic E-state index is 13.0. The van der Waals surface area contributed by atoms with E-state index in [1.165, 1.54) is 4.31 Å². The third-order valence-corrected chi connectivity index (χ3v) is 6.85. The number of nitrogens with one attached hydrogen (secondary N) is 1. The lowest BCUT2D eigenvalue weighted by Gasteiger charge is -2.30. The minimum absolute atomic E-state index is 0.0246. The number of benzene rings is 1. The van der Waals surface area contributed by atoms with Gasteiger partial charge in [0.1, 0.15) is 15.9 Å². The summed E-state index contributed by atoms with van der Waals surface area (Å²) in [7, 11) is -3.63. The van der Waals surface area contributed by atoms with Crippen LogP contribution in [0.5, 0.6) is 0 Å². The van der Waals surface area contributed by atoms with Crippen molar-refractivity contribution >= 4 is 38.7 Å². The van der Waals surface area contributed by atoms with Crippen LogP contribution in [0.4, 0.5) is 0 Å². The van der Waals surface area contributed by atoms with E-state index < -0.39 is 10.0 Å². The summed E-state index contributed by atoms with van der Waals surface area (Å²) < 4.78 is 35.6. The SMILES string of the molecule is CC(C)CNC(=O)C1CCN(S(=O)(=O)c2cccc3nsnc23)CC1. The van der Waals surface area contributed by atoms with Gasteiger partial charge in [0.2, 0.25) is 15.9 Å². The summed E-state index contributed by atoms with van der Waals surface area (Å²) in [4.78, 5) is 12.4. The van der Waals surface area contributed by atoms with E-state index >= 15 is 0 Å². The topological polar surface area (TPSA) is 92.3 Å². The van der Waals surface area contributed by atoms with Crippen molar-refractivity contribution in [2.24, 2.45) is 11.8 Å². The highest BCUT2D eigenvalue weighted by Gasteiger charge is 2.33. The molecule has 0 bridgehead atoms. The Hall–Kier alpha value is -1.58. The maximum atomic E-state index is 13.0. The molecule has 9 heteroatoms. The number of amides is 1. The summed E-state index contributed by atoms with van der Waals surface area (Å²) in [5, 5.41) is 2.93. The van der Waals surface area contributed by atoms with Crippen LogP contribution in [0.2, 0.25) is 0 Å². The number of nitrogens with zero attached hydrogens (tertiary/aromatic N) is 3. The van der Waals surface area contributed by atoms with Crippen LogP contribution in [0.15, 0.2) is 23.1 Å². The van der Waals surface area contributed by atoms with Gasteiger partial charge < -0.3 is 5.32 Å². The van der Waals surface area contributed by atoms with Gasteiger partial charge in [-0.1, -0.05) is 19.9 Å². The first kappa shape index (κ1) is 18.2. The van der Waals surface area contributed by atoms with Gasteiger partial charge >= 0.3 is 0 Å². The number of hydrogen-bond acceptors (Lipinski definition) is 6. The summed E-state index contributed by atoms with van der Waals surface area (Å²) in [5.74, 6) is 0.301. The number of fused-ring (bicyclic) bond motifs is 1. The fourth-order valence-corrected chi connectivity index (χ4v) is 5.16. The van der Waals surface area contributed by atoms with Crippen LogP contribution < -0.4 is 5.32 Å². The molecule has 1 aliphatic heterocycles. The molecule has 0 saturated carbocycles. The molecule has 0 radical (unpaired) electrons. The Kier molecular flexibility index (Phi) is 5.35. The summed E-state index contributed by atoms with van der Waals surface area (Å²) in [5.41, 5.74) is 1.01. The third kappa shape index (κ3) is 3.83. The van der Waals surface area contributed by atoms with Gasteiger partial charge in [0, 0.05) is 25.6 Å². The summed E-state index contributed by atoms with van der Waals surface area (Å²) in [6.07, 6.45) is 1.07. The van der Waals surface area contributed by atoms with Crippen molar-refractivity contribution in [3.63, 3.8) is 0 Å². The molecule has 1 N–H and O–H groups in total. The van der Waals surface area contributed by atoms with E-state index in [1.807, 2.05) is 13.8 Å². The monoisotopic (exact) mass is 382 g/mol. The van der Waals surface area contributed by atoms with Crippen molar-refractivity contribution < 1.29 is 13.2 Å². The summed E-state index contributed by atoms with van der Waals surface area (Å²) in [6, 6.07) is 5.01. The summed E-state index contributed by atoms with van der Waals surface area (Å²) in [6.45, 7) is 5.43. The van der Waals surface area contributed by atoms with E-state index in [2.05, 4.69) is 14.1 Å². The van der Waals surface area contributed by atoms with Crippen molar-refractivity contribution in [1.82, 2.24) is 18.4 Å². The second kappa shape index (κ2) is 7.35. The molecule has 0 unspecified atom stereocenters. The average Bonchev–Trinajstić information content (AvgIpc) is 3.08. The smallest absolute Gasteiger partial charge is 0.245 e. The molecule has 1 aliphatic rings. The third-order valence-electron chi connectivity index (χ3n) is 4.38. The molecule has 7 nitrogen and oxygen atoms in total. The van der Waals surface area contributed by atoms with Crippen molar-refractivity contribution in [2.45, 2.75) is 31.6 Å². The van der Waals surface area contributed by atoms with E-state index in [0.29, 0.717) is 49.4 Å². The lowest BCUT2D eigenvalue weighted by molar-refractivity contribution is -0.126. The van der Waals surface area contributed by atoms with Crippen molar-refractivity contribution in [3.05, 3.63) is 18.2 Å². The predicted octanol–water partition coefficient (Wildman–Crippen LogP) is 1.86. The van der Waals surface area contributed by atoms with Crippen LogP contribution in [0.1, 0.15) is 26.7 Å². The average molecular weight is 383 g/mol. The molecule has 136 valence electrons. The van der Waals surface area contributed by atoms with Gasteiger partial charge in [0.15, 0.2) is 0 Å². The minimum Gasteiger partial charge on any atom is -0.356 e. The maximum Gasteiger partial charge on any atom is 0.245 e. The number of carbonyl (C=O) groups is 1. The quantitative estimate of drug-likeness (QED) is 0.852. The fraction of sp³-hybridized carbons (Fsp3) is 0.562. The second-order valence-electron chi connectivity index (χ2n) is 6.71. The first-order valence-electron chi connectivity index (χ1n) is 8.38. The molecule has 2 heterocycles. The van der Waals surface area contributed by atoms with Gasteiger partial charge in [-0.3, -0.25) is 4.79 Å². The molecule has 1 amide bonds. The molecule has 1 fully saturated rings. The molecule has 1 aromatic heterocycles. The first-order chi connectivity index (χ1) is 11.9. The Morgan fingerprint density at radius 2 is 2.04 bits per heavy atom. The van der Waals surface area contributed by atoms with Crippen LogP contribution in [-0.2, 0) is 14.8 Å². The Labute approximate surface area is 151 Å². The van der Waals surface area contributed by atoms with Gasteiger partial charge in [0.25, 0.3) is 0 Å². The van der Waals surface area contributed by atoms with Gasteiger partial charge in [-0.05, 0) is 30.9 Å². The van der Waals surface area contributed by atoms with E-state index in [0.717, 1.165) is 11.7 Å². The standard InChI is InChI=1S/C16H22N4O3S2/c1-11(2)10-17-16(21)12-6-8-20(9-7-12)25(22,23)14-5-3-4-13-15(14)19-24-18-13/h3-5,11-12H,6-10H2,1-2H3,(H,17,21). The Balaban J connectivity index is 1.70. The van der Waals surface area contributed by atoms with Crippen LogP contribution in [0.25, 0.3) is 11.0 Å². The van der Waals surface area contributed by atoms with E-state index in [4.69, 9.17) is 0 Å². The van der Waals surface area contributed by atoms with Gasteiger partial charge in [-0.15, -0.1) is 0 Å². The Bertz CT molecular complexity index is 855. The van der Waals surface area contributed by atoms with Crippen LogP contribution in [-0.4, -0.2) is 47.0 Å². The molecule has 1 aromatic carbocycles. The molecule has 0 atom stereocenters. The van der Waals surface area contributed by atoms with Gasteiger partial charge in [0.05, 0.1) is 11.7 Å². The van der Waals surface area contributed by atoms with Gasteiger partial charge in [-0.25, -0.2) is 8.42 Å². The number of carbonyl (C=O) groups excluding carboxylic acids is 1. The lowest BCUT2D eigenvalue weighted by Crippen LogP contribution is -2.43. The second-order valence-corrected chi connectivity index (χ2v) is 9.14. The molecule has 0 spiro atoms. The van der Waals surface area contributed by atoms with E-state index in [1.54, 1.807) is 18.2 Å². The molecule has 2 aromatic rings. The number of hydrogen-bond donors (Lipinski definition) is 1. The van der Waals surface area contributed by atoms with Crippen LogP contribution >= 0.6 is 11.7 Å². The van der Waals surface area contributed by atoms with Crippen LogP contribution in [0.3, 0.4) is 0 Å². The fourth-order valence-electron chi connectivity index (χ4n) is 2.94. The highest BCUT2D eigenvalue weighted by molar-refractivity contribution is 7.89. The highest BCUT2D eigenvalue weighted by atomic mass is 32.2. The molecular weight excluding hydrogens is 360 g/mol. The summed E-state index contributed by atoms with van der Waals surface area (Å²) >= 11 is 1.01. The largest absolute Gasteiger partial charge is 0.356 e. The zero-order valence-electron chi connectivity index (χ0n) is 14.3.